The van der Waals surface area contributed by atoms with Gasteiger partial charge in [0.2, 0.25) is 20.0 Å². The van der Waals surface area contributed by atoms with Crippen LogP contribution in [0.25, 0.3) is 0 Å². The number of unbranched alkanes of at least 4 members (excludes halogenated alkanes) is 2. The minimum atomic E-state index is -3.53. The molecule has 0 aromatic carbocycles. The highest BCUT2D eigenvalue weighted by atomic mass is 32.2. The molecule has 0 fully saturated rings. The molecule has 0 aliphatic carbocycles. The average Bonchev–Trinajstić information content (AvgIpc) is 2.33. The third kappa shape index (κ3) is 8.44. The molecule has 140 valence electrons. The van der Waals surface area contributed by atoms with Crippen molar-refractivity contribution in [3.63, 3.8) is 0 Å². The van der Waals surface area contributed by atoms with Crippen molar-refractivity contribution >= 4 is 20.0 Å². The van der Waals surface area contributed by atoms with Crippen LogP contribution in [0.15, 0.2) is 0 Å². The van der Waals surface area contributed by atoms with E-state index in [-0.39, 0.29) is 0 Å². The van der Waals surface area contributed by atoms with Gasteiger partial charge in [-0.25, -0.2) is 27.1 Å². The molecule has 0 aromatic heterocycles. The van der Waals surface area contributed by atoms with Crippen molar-refractivity contribution < 1.29 is 21.6 Å². The monoisotopic (exact) mass is 372 g/mol. The van der Waals surface area contributed by atoms with E-state index in [0.717, 1.165) is 25.7 Å². The Morgan fingerprint density at radius 1 is 0.696 bits per heavy atom. The second kappa shape index (κ2) is 8.75. The van der Waals surface area contributed by atoms with Gasteiger partial charge in [0.15, 0.2) is 0 Å². The Bertz CT molecular complexity index is 504. The predicted molar refractivity (Wildman–Crippen MR) is 92.9 cm³/mol. The van der Waals surface area contributed by atoms with Crippen LogP contribution >= 0.6 is 0 Å². The first-order valence-electron chi connectivity index (χ1n) is 7.83. The second-order valence-electron chi connectivity index (χ2n) is 7.14. The lowest BCUT2D eigenvalue weighted by Crippen LogP contribution is -2.37. The molecule has 0 heterocycles. The van der Waals surface area contributed by atoms with Gasteiger partial charge >= 0.3 is 0 Å². The summed E-state index contributed by atoms with van der Waals surface area (Å²) in [5.74, 6) is 0. The lowest BCUT2D eigenvalue weighted by molar-refractivity contribution is 0.125. The van der Waals surface area contributed by atoms with Gasteiger partial charge in [-0.1, -0.05) is 0 Å². The number of hydrogen-bond acceptors (Lipinski definition) is 5. The topological polar surface area (TPSA) is 130 Å². The second-order valence-corrected chi connectivity index (χ2v) is 11.5. The molecule has 7 nitrogen and oxygen atoms in total. The molecule has 0 unspecified atom stereocenters. The Morgan fingerprint density at radius 2 is 1.00 bits per heavy atom. The van der Waals surface area contributed by atoms with Crippen LogP contribution in [-0.2, 0) is 24.8 Å². The number of ether oxygens (including phenoxy) is 1. The maximum Gasteiger partial charge on any atom is 0.214 e. The zero-order valence-electron chi connectivity index (χ0n) is 14.7. The quantitative estimate of drug-likeness (QED) is 0.501. The average molecular weight is 373 g/mol. The molecule has 23 heavy (non-hydrogen) atoms. The normalized spacial score (nSPS) is 14.2. The van der Waals surface area contributed by atoms with Crippen LogP contribution in [0.2, 0.25) is 0 Å². The summed E-state index contributed by atoms with van der Waals surface area (Å²) in [6.07, 6.45) is 3.97. The maximum absolute atomic E-state index is 11.3. The lowest BCUT2D eigenvalue weighted by Gasteiger charge is -2.22. The summed E-state index contributed by atoms with van der Waals surface area (Å²) in [5, 5.41) is 10.3. The standard InChI is InChI=1S/C14H32N2O5S2/c1-13(2,22(15,17)18)9-5-7-11-21-12-8-6-10-14(3,4)23(16,19)20/h5-12H2,1-4H3,(H2,15,17,18)(H2,16,19,20). The third-order valence-corrected chi connectivity index (χ3v) is 7.66. The van der Waals surface area contributed by atoms with Gasteiger partial charge in [-0.05, 0) is 66.2 Å². The zero-order valence-corrected chi connectivity index (χ0v) is 16.3. The van der Waals surface area contributed by atoms with Gasteiger partial charge in [0.1, 0.15) is 0 Å². The van der Waals surface area contributed by atoms with Crippen molar-refractivity contribution in [1.29, 1.82) is 0 Å². The molecule has 0 saturated carbocycles. The minimum absolute atomic E-state index is 0.498. The Balaban J connectivity index is 3.74. The Labute approximate surface area is 141 Å². The molecular weight excluding hydrogens is 340 g/mol. The fraction of sp³-hybridized carbons (Fsp3) is 1.00. The fourth-order valence-electron chi connectivity index (χ4n) is 1.90. The first-order valence-corrected chi connectivity index (χ1v) is 10.9. The molecule has 0 amide bonds. The highest BCUT2D eigenvalue weighted by molar-refractivity contribution is 7.90. The molecule has 0 bridgehead atoms. The first-order chi connectivity index (χ1) is 10.2. The number of nitrogens with two attached hydrogens (primary N) is 2. The van der Waals surface area contributed by atoms with Crippen LogP contribution in [0, 0.1) is 0 Å². The zero-order chi connectivity index (χ0) is 18.4. The molecular formula is C14H32N2O5S2. The fourth-order valence-corrected chi connectivity index (χ4v) is 2.75. The number of rotatable bonds is 12. The summed E-state index contributed by atoms with van der Waals surface area (Å²) in [6.45, 7) is 7.60. The Morgan fingerprint density at radius 3 is 1.26 bits per heavy atom. The van der Waals surface area contributed by atoms with E-state index in [2.05, 4.69) is 0 Å². The van der Waals surface area contributed by atoms with E-state index < -0.39 is 29.5 Å². The van der Waals surface area contributed by atoms with Crippen molar-refractivity contribution in [3.05, 3.63) is 0 Å². The van der Waals surface area contributed by atoms with Gasteiger partial charge in [0.05, 0.1) is 9.49 Å². The van der Waals surface area contributed by atoms with Crippen molar-refractivity contribution in [2.45, 2.75) is 75.7 Å². The first kappa shape index (κ1) is 22.8. The summed E-state index contributed by atoms with van der Waals surface area (Å²) < 4.78 is 49.0. The van der Waals surface area contributed by atoms with Gasteiger partial charge in [-0.2, -0.15) is 0 Å². The van der Waals surface area contributed by atoms with E-state index in [0.29, 0.717) is 26.1 Å². The van der Waals surface area contributed by atoms with E-state index in [1.54, 1.807) is 27.7 Å². The SMILES string of the molecule is CC(C)(CCCCOCCCCC(C)(C)S(N)(=O)=O)S(N)(=O)=O. The highest BCUT2D eigenvalue weighted by Crippen LogP contribution is 2.21. The molecule has 0 aromatic rings. The molecule has 0 aliphatic heterocycles. The summed E-state index contributed by atoms with van der Waals surface area (Å²) in [7, 11) is -7.07. The van der Waals surface area contributed by atoms with Crippen molar-refractivity contribution in [3.8, 4) is 0 Å². The van der Waals surface area contributed by atoms with Crippen molar-refractivity contribution in [1.82, 2.24) is 0 Å². The number of sulfonamides is 2. The van der Waals surface area contributed by atoms with Crippen LogP contribution in [0.1, 0.15) is 66.2 Å². The summed E-state index contributed by atoms with van der Waals surface area (Å²) in [4.78, 5) is 0. The Hall–Kier alpha value is -0.220. The highest BCUT2D eigenvalue weighted by Gasteiger charge is 2.30. The van der Waals surface area contributed by atoms with Gasteiger partial charge in [0.25, 0.3) is 0 Å². The molecule has 4 N–H and O–H groups in total. The minimum Gasteiger partial charge on any atom is -0.381 e. The van der Waals surface area contributed by atoms with Crippen LogP contribution in [0.4, 0.5) is 0 Å². The van der Waals surface area contributed by atoms with Crippen LogP contribution < -0.4 is 10.3 Å². The maximum atomic E-state index is 11.3. The van der Waals surface area contributed by atoms with E-state index in [9.17, 15) is 16.8 Å². The molecule has 9 heteroatoms. The third-order valence-electron chi connectivity index (χ3n) is 4.18. The van der Waals surface area contributed by atoms with Crippen LogP contribution in [0.5, 0.6) is 0 Å². The summed E-state index contributed by atoms with van der Waals surface area (Å²) in [6, 6.07) is 0. The van der Waals surface area contributed by atoms with Crippen LogP contribution in [0.3, 0.4) is 0 Å². The van der Waals surface area contributed by atoms with Gasteiger partial charge < -0.3 is 4.74 Å². The molecule has 0 saturated heterocycles. The van der Waals surface area contributed by atoms with Gasteiger partial charge in [-0.3, -0.25) is 0 Å². The summed E-state index contributed by atoms with van der Waals surface area (Å²) >= 11 is 0. The molecule has 0 radical (unpaired) electrons. The molecule has 0 atom stereocenters. The van der Waals surface area contributed by atoms with Crippen LogP contribution in [-0.4, -0.2) is 39.5 Å². The molecule has 0 rings (SSSR count). The predicted octanol–water partition coefficient (Wildman–Crippen LogP) is 1.48. The van der Waals surface area contributed by atoms with Crippen molar-refractivity contribution in [2.75, 3.05) is 13.2 Å². The van der Waals surface area contributed by atoms with Gasteiger partial charge in [-0.15, -0.1) is 0 Å². The smallest absolute Gasteiger partial charge is 0.214 e. The van der Waals surface area contributed by atoms with E-state index >= 15 is 0 Å². The molecule has 0 aliphatic rings. The van der Waals surface area contributed by atoms with Gasteiger partial charge in [0, 0.05) is 13.2 Å². The number of hydrogen-bond donors (Lipinski definition) is 2. The van der Waals surface area contributed by atoms with E-state index in [4.69, 9.17) is 15.0 Å². The Kier molecular flexibility index (Phi) is 8.67. The molecule has 0 spiro atoms. The van der Waals surface area contributed by atoms with Crippen molar-refractivity contribution in [2.24, 2.45) is 10.3 Å². The number of primary sulfonamides is 2. The van der Waals surface area contributed by atoms with E-state index in [1.807, 2.05) is 0 Å². The lowest BCUT2D eigenvalue weighted by atomic mass is 10.1. The summed E-state index contributed by atoms with van der Waals surface area (Å²) in [5.41, 5.74) is 0. The van der Waals surface area contributed by atoms with E-state index in [1.165, 1.54) is 0 Å². The largest absolute Gasteiger partial charge is 0.381 e.